The van der Waals surface area contributed by atoms with Gasteiger partial charge in [0.25, 0.3) is 0 Å². The number of carbonyl (C=O) groups excluding carboxylic acids is 2. The third kappa shape index (κ3) is 62.9. The fourth-order valence-electron chi connectivity index (χ4n) is 10.5. The molecule has 0 aromatic heterocycles. The number of allylic oxidation sites excluding steroid dienone is 7. The van der Waals surface area contributed by atoms with Crippen molar-refractivity contribution in [1.29, 1.82) is 0 Å². The summed E-state index contributed by atoms with van der Waals surface area (Å²) in [5.41, 5.74) is 0. The van der Waals surface area contributed by atoms with E-state index in [1.54, 1.807) is 6.08 Å². The van der Waals surface area contributed by atoms with Crippen molar-refractivity contribution in [1.82, 2.24) is 5.32 Å². The molecule has 0 spiro atoms. The SMILES string of the molecule is CCCCC/C=C\C/C=C\CCCCCCCCCCCC(=O)OCCCCCCCCCCCCCC/C=C\CCCCCCCCCCCCC(=O)NC(CO)C(O)/C=C/CCCCCCCCCCCCCCC. The van der Waals surface area contributed by atoms with Crippen molar-refractivity contribution in [2.45, 2.75) is 379 Å². The first-order valence-corrected chi connectivity index (χ1v) is 34.4. The lowest BCUT2D eigenvalue weighted by atomic mass is 10.0. The normalized spacial score (nSPS) is 12.8. The predicted molar refractivity (Wildman–Crippen MR) is 338 cm³/mol. The molecule has 0 radical (unpaired) electrons. The van der Waals surface area contributed by atoms with Crippen LogP contribution in [-0.4, -0.2) is 47.4 Å². The van der Waals surface area contributed by atoms with Gasteiger partial charge in [-0.15, -0.1) is 0 Å². The molecule has 77 heavy (non-hydrogen) atoms. The van der Waals surface area contributed by atoms with Gasteiger partial charge in [0, 0.05) is 12.8 Å². The molecule has 2 unspecified atom stereocenters. The molecule has 6 heteroatoms. The van der Waals surface area contributed by atoms with E-state index in [9.17, 15) is 19.8 Å². The van der Waals surface area contributed by atoms with E-state index in [0.717, 1.165) is 51.4 Å². The minimum atomic E-state index is -0.846. The van der Waals surface area contributed by atoms with Gasteiger partial charge >= 0.3 is 5.97 Å². The van der Waals surface area contributed by atoms with E-state index in [-0.39, 0.29) is 18.5 Å². The standard InChI is InChI=1S/C71H133NO5/c1-3-5-7-9-11-13-15-17-19-20-29-33-37-41-45-49-53-57-61-65-71(76)77-66-62-58-54-50-46-42-38-34-31-28-26-24-22-21-23-25-27-30-32-36-40-44-48-52-56-60-64-70(75)72-68(67-73)69(74)63-59-55-51-47-43-39-35-18-16-14-12-10-8-6-4-2/h11,13,17,19,21,23,59,63,68-69,73-74H,3-10,12,14-16,18,20,22,24-58,60-62,64-67H2,1-2H3,(H,72,75)/b13-11-,19-17-,23-21-,63-59+. The maximum Gasteiger partial charge on any atom is 0.305 e. The molecule has 0 rings (SSSR count). The van der Waals surface area contributed by atoms with Crippen LogP contribution in [0.3, 0.4) is 0 Å². The molecule has 0 aliphatic heterocycles. The van der Waals surface area contributed by atoms with Gasteiger partial charge in [0.05, 0.1) is 25.4 Å². The second kappa shape index (κ2) is 66.3. The molecule has 0 aliphatic carbocycles. The lowest BCUT2D eigenvalue weighted by molar-refractivity contribution is -0.143. The zero-order valence-electron chi connectivity index (χ0n) is 51.7. The van der Waals surface area contributed by atoms with Gasteiger partial charge in [-0.2, -0.15) is 0 Å². The van der Waals surface area contributed by atoms with Crippen LogP contribution in [0.25, 0.3) is 0 Å². The highest BCUT2D eigenvalue weighted by Gasteiger charge is 2.18. The molecule has 452 valence electrons. The Morgan fingerprint density at radius 3 is 1.03 bits per heavy atom. The second-order valence-corrected chi connectivity index (χ2v) is 23.5. The summed E-state index contributed by atoms with van der Waals surface area (Å²) in [5, 5.41) is 23.2. The number of unbranched alkanes of at least 4 members (excludes halogenated alkanes) is 47. The van der Waals surface area contributed by atoms with Crippen LogP contribution >= 0.6 is 0 Å². The first-order chi connectivity index (χ1) is 38.0. The van der Waals surface area contributed by atoms with Crippen molar-refractivity contribution in [3.8, 4) is 0 Å². The number of hydrogen-bond acceptors (Lipinski definition) is 5. The first kappa shape index (κ1) is 74.8. The lowest BCUT2D eigenvalue weighted by Crippen LogP contribution is -2.45. The molecular formula is C71H133NO5. The van der Waals surface area contributed by atoms with E-state index in [1.165, 1.54) is 289 Å². The molecule has 0 saturated heterocycles. The Labute approximate surface area is 480 Å². The van der Waals surface area contributed by atoms with Crippen molar-refractivity contribution in [3.05, 3.63) is 48.6 Å². The highest BCUT2D eigenvalue weighted by atomic mass is 16.5. The van der Waals surface area contributed by atoms with Crippen LogP contribution in [0.4, 0.5) is 0 Å². The van der Waals surface area contributed by atoms with Crippen LogP contribution in [0, 0.1) is 0 Å². The number of amides is 1. The fraction of sp³-hybridized carbons (Fsp3) is 0.859. The number of ether oxygens (including phenoxy) is 1. The average Bonchev–Trinajstić information content (AvgIpc) is 3.43. The number of hydrogen-bond donors (Lipinski definition) is 3. The van der Waals surface area contributed by atoms with E-state index >= 15 is 0 Å². The van der Waals surface area contributed by atoms with Crippen LogP contribution in [0.5, 0.6) is 0 Å². The smallest absolute Gasteiger partial charge is 0.305 e. The number of aliphatic hydroxyl groups is 2. The molecule has 0 fully saturated rings. The lowest BCUT2D eigenvalue weighted by Gasteiger charge is -2.20. The topological polar surface area (TPSA) is 95.9 Å². The van der Waals surface area contributed by atoms with E-state index in [1.807, 2.05) is 6.08 Å². The van der Waals surface area contributed by atoms with E-state index in [2.05, 4.69) is 55.6 Å². The number of aliphatic hydroxyl groups excluding tert-OH is 2. The van der Waals surface area contributed by atoms with Gasteiger partial charge in [-0.25, -0.2) is 0 Å². The number of rotatable bonds is 64. The molecule has 2 atom stereocenters. The third-order valence-corrected chi connectivity index (χ3v) is 15.8. The van der Waals surface area contributed by atoms with E-state index < -0.39 is 12.1 Å². The number of carbonyl (C=O) groups is 2. The zero-order chi connectivity index (χ0) is 55.7. The van der Waals surface area contributed by atoms with Crippen molar-refractivity contribution < 1.29 is 24.5 Å². The van der Waals surface area contributed by atoms with E-state index in [0.29, 0.717) is 19.4 Å². The van der Waals surface area contributed by atoms with Gasteiger partial charge in [0.2, 0.25) is 5.91 Å². The number of esters is 1. The molecule has 6 nitrogen and oxygen atoms in total. The third-order valence-electron chi connectivity index (χ3n) is 15.8. The predicted octanol–water partition coefficient (Wildman–Crippen LogP) is 22.1. The Balaban J connectivity index is 3.40. The first-order valence-electron chi connectivity index (χ1n) is 34.4. The Kier molecular flexibility index (Phi) is 64.5. The van der Waals surface area contributed by atoms with Gasteiger partial charge in [-0.1, -0.05) is 313 Å². The summed E-state index contributed by atoms with van der Waals surface area (Å²) >= 11 is 0. The summed E-state index contributed by atoms with van der Waals surface area (Å²) in [4.78, 5) is 24.6. The summed E-state index contributed by atoms with van der Waals surface area (Å²) in [6.07, 6.45) is 86.0. The van der Waals surface area contributed by atoms with Crippen LogP contribution in [0.2, 0.25) is 0 Å². The zero-order valence-corrected chi connectivity index (χ0v) is 51.7. The Morgan fingerprint density at radius 1 is 0.364 bits per heavy atom. The molecule has 0 aromatic carbocycles. The van der Waals surface area contributed by atoms with Crippen LogP contribution < -0.4 is 5.32 Å². The molecule has 0 heterocycles. The number of nitrogens with one attached hydrogen (secondary N) is 1. The largest absolute Gasteiger partial charge is 0.466 e. The van der Waals surface area contributed by atoms with Crippen molar-refractivity contribution in [2.24, 2.45) is 0 Å². The Hall–Kier alpha value is -2.18. The second-order valence-electron chi connectivity index (χ2n) is 23.5. The molecule has 0 saturated carbocycles. The van der Waals surface area contributed by atoms with Crippen molar-refractivity contribution in [2.75, 3.05) is 13.2 Å². The van der Waals surface area contributed by atoms with Gasteiger partial charge in [0.15, 0.2) is 0 Å². The molecule has 0 aliphatic rings. The molecule has 0 bridgehead atoms. The maximum atomic E-state index is 12.5. The monoisotopic (exact) mass is 1080 g/mol. The van der Waals surface area contributed by atoms with E-state index in [4.69, 9.17) is 4.74 Å². The van der Waals surface area contributed by atoms with Crippen molar-refractivity contribution >= 4 is 11.9 Å². The molecular weight excluding hydrogens is 947 g/mol. The Bertz CT molecular complexity index is 1290. The summed E-state index contributed by atoms with van der Waals surface area (Å²) < 4.78 is 5.50. The molecule has 1 amide bonds. The van der Waals surface area contributed by atoms with Crippen LogP contribution in [-0.2, 0) is 14.3 Å². The van der Waals surface area contributed by atoms with Crippen molar-refractivity contribution in [3.63, 3.8) is 0 Å². The molecule has 0 aromatic rings. The summed E-state index contributed by atoms with van der Waals surface area (Å²) in [6, 6.07) is -0.630. The Morgan fingerprint density at radius 2 is 0.649 bits per heavy atom. The minimum Gasteiger partial charge on any atom is -0.466 e. The summed E-state index contributed by atoms with van der Waals surface area (Å²) in [5.74, 6) is -0.0583. The van der Waals surface area contributed by atoms with Gasteiger partial charge in [-0.3, -0.25) is 9.59 Å². The van der Waals surface area contributed by atoms with Gasteiger partial charge < -0.3 is 20.3 Å². The van der Waals surface area contributed by atoms with Gasteiger partial charge in [-0.05, 0) is 89.9 Å². The highest BCUT2D eigenvalue weighted by Crippen LogP contribution is 2.18. The minimum absolute atomic E-state index is 0.0102. The maximum absolute atomic E-state index is 12.5. The fourth-order valence-corrected chi connectivity index (χ4v) is 10.5. The van der Waals surface area contributed by atoms with Crippen LogP contribution in [0.15, 0.2) is 48.6 Å². The summed E-state index contributed by atoms with van der Waals surface area (Å²) in [6.45, 7) is 4.90. The van der Waals surface area contributed by atoms with Crippen LogP contribution in [0.1, 0.15) is 367 Å². The molecule has 3 N–H and O–H groups in total. The highest BCUT2D eigenvalue weighted by molar-refractivity contribution is 5.76. The van der Waals surface area contributed by atoms with Gasteiger partial charge in [0.1, 0.15) is 0 Å². The quantitative estimate of drug-likeness (QED) is 0.0320. The summed E-state index contributed by atoms with van der Waals surface area (Å²) in [7, 11) is 0. The average molecular weight is 1080 g/mol.